The highest BCUT2D eigenvalue weighted by molar-refractivity contribution is 7.74. The third kappa shape index (κ3) is 79.4. The quantitative estimate of drug-likeness (QED) is 0.593. The Morgan fingerprint density at radius 2 is 1.62 bits per heavy atom. The Bertz CT molecular complexity index is 94.2. The van der Waals surface area contributed by atoms with Crippen molar-refractivity contribution >= 4 is 11.4 Å². The molecule has 84 valence electrons. The normalized spacial score (nSPS) is 10.3. The van der Waals surface area contributed by atoms with Gasteiger partial charge in [-0.25, -0.2) is 13.0 Å². The molecule has 9 heteroatoms. The number of hydrogen-bond acceptors (Lipinski definition) is 3. The van der Waals surface area contributed by atoms with E-state index in [1.165, 1.54) is 6.92 Å². The molecule has 0 amide bonds. The predicted molar refractivity (Wildman–Crippen MR) is 37.6 cm³/mol. The highest BCUT2D eigenvalue weighted by Gasteiger charge is 1.85. The van der Waals surface area contributed by atoms with Crippen molar-refractivity contribution in [2.75, 3.05) is 20.4 Å². The molecular weight excluding hydrogens is 220 g/mol. The van der Waals surface area contributed by atoms with E-state index in [9.17, 15) is 21.9 Å². The number of alkyl halides is 3. The summed E-state index contributed by atoms with van der Waals surface area (Å²) < 4.78 is 61.1. The first kappa shape index (κ1) is 18.5. The molecule has 1 atom stereocenters. The maximum Gasteiger partial charge on any atom is 0.304 e. The van der Waals surface area contributed by atoms with Gasteiger partial charge in [-0.05, 0) is 11.4 Å². The molecule has 0 aromatic rings. The zero-order chi connectivity index (χ0) is 11.1. The number of halogens is 4. The highest BCUT2D eigenvalue weighted by atomic mass is 32.2. The summed E-state index contributed by atoms with van der Waals surface area (Å²) in [4.78, 5) is 2.38. The minimum Gasteiger partial charge on any atom is -0.284 e. The Morgan fingerprint density at radius 3 is 1.62 bits per heavy atom. The molecular formula is C4H10F4O4S. The summed E-state index contributed by atoms with van der Waals surface area (Å²) in [6.07, 6.45) is 0. The van der Waals surface area contributed by atoms with Gasteiger partial charge in [0.05, 0.1) is 6.67 Å². The van der Waals surface area contributed by atoms with Crippen LogP contribution < -0.4 is 0 Å². The minimum atomic E-state index is -2.44. The van der Waals surface area contributed by atoms with Crippen molar-refractivity contribution in [2.45, 2.75) is 6.92 Å². The van der Waals surface area contributed by atoms with E-state index in [1.54, 1.807) is 0 Å². The molecule has 1 unspecified atom stereocenters. The van der Waals surface area contributed by atoms with Crippen LogP contribution in [-0.2, 0) is 20.5 Å². The largest absolute Gasteiger partial charge is 0.304 e. The van der Waals surface area contributed by atoms with Gasteiger partial charge in [-0.3, -0.25) is 8.94 Å². The average Bonchev–Trinajstić information content (AvgIpc) is 2.06. The van der Waals surface area contributed by atoms with Gasteiger partial charge in [-0.2, -0.15) is 9.15 Å². The molecule has 0 aliphatic carbocycles. The fraction of sp³-hybridized carbons (Fsp3) is 1.00. The molecule has 0 aromatic heterocycles. The van der Waals surface area contributed by atoms with Gasteiger partial charge in [0.15, 0.2) is 0 Å². The topological polar surface area (TPSA) is 55.8 Å². The van der Waals surface area contributed by atoms with Gasteiger partial charge < -0.3 is 0 Å². The Labute approximate surface area is 75.2 Å². The third-order valence-corrected chi connectivity index (χ3v) is 0.477. The summed E-state index contributed by atoms with van der Waals surface area (Å²) in [5.74, 6) is 0. The van der Waals surface area contributed by atoms with Crippen LogP contribution >= 0.6 is 0 Å². The molecule has 0 heterocycles. The first-order valence-corrected chi connectivity index (χ1v) is 3.79. The Kier molecular flexibility index (Phi) is 32.2. The van der Waals surface area contributed by atoms with Crippen LogP contribution in [0.5, 0.6) is 0 Å². The second kappa shape index (κ2) is 22.6. The van der Waals surface area contributed by atoms with Gasteiger partial charge in [0.2, 0.25) is 13.7 Å². The van der Waals surface area contributed by atoms with E-state index in [-0.39, 0.29) is 6.67 Å². The fourth-order valence-electron chi connectivity index (χ4n) is 0.0381. The molecule has 0 aliphatic heterocycles. The lowest BCUT2D eigenvalue weighted by molar-refractivity contribution is -0.167. The zero-order valence-corrected chi connectivity index (χ0v) is 7.53. The number of hydrogen-bond donors (Lipinski definition) is 1. The lowest BCUT2D eigenvalue weighted by Crippen LogP contribution is -1.90. The van der Waals surface area contributed by atoms with Crippen molar-refractivity contribution < 1.29 is 35.6 Å². The summed E-state index contributed by atoms with van der Waals surface area (Å²) in [7, 11) is 0. The summed E-state index contributed by atoms with van der Waals surface area (Å²) in [6.45, 7) is -1.36. The molecule has 13 heavy (non-hydrogen) atoms. The van der Waals surface area contributed by atoms with Crippen LogP contribution in [0.1, 0.15) is 6.92 Å². The van der Waals surface area contributed by atoms with Crippen LogP contribution in [0.3, 0.4) is 0 Å². The van der Waals surface area contributed by atoms with E-state index in [0.717, 1.165) is 0 Å². The van der Waals surface area contributed by atoms with E-state index in [1.807, 2.05) is 0 Å². The first-order valence-electron chi connectivity index (χ1n) is 2.76. The maximum atomic E-state index is 10.7. The molecule has 0 saturated heterocycles. The molecule has 0 rings (SSSR count). The molecule has 0 fully saturated rings. The summed E-state index contributed by atoms with van der Waals surface area (Å²) in [5.41, 5.74) is 0. The fourth-order valence-corrected chi connectivity index (χ4v) is 0.114. The number of rotatable bonds is 3. The van der Waals surface area contributed by atoms with E-state index < -0.39 is 25.1 Å². The van der Waals surface area contributed by atoms with Crippen LogP contribution in [0.25, 0.3) is 0 Å². The van der Waals surface area contributed by atoms with E-state index >= 15 is 0 Å². The van der Waals surface area contributed by atoms with Gasteiger partial charge >= 0.3 is 11.4 Å². The SMILES string of the molecule is CCF.FCOF.O=S(O)OCF. The molecule has 4 nitrogen and oxygen atoms in total. The lowest BCUT2D eigenvalue weighted by atomic mass is 10.9. The van der Waals surface area contributed by atoms with Crippen molar-refractivity contribution in [3.63, 3.8) is 0 Å². The molecule has 0 bridgehead atoms. The van der Waals surface area contributed by atoms with Crippen molar-refractivity contribution in [1.82, 2.24) is 0 Å². The smallest absolute Gasteiger partial charge is 0.284 e. The van der Waals surface area contributed by atoms with Gasteiger partial charge in [-0.1, -0.05) is 0 Å². The van der Waals surface area contributed by atoms with Crippen molar-refractivity contribution in [3.05, 3.63) is 0 Å². The van der Waals surface area contributed by atoms with E-state index in [4.69, 9.17) is 4.55 Å². The van der Waals surface area contributed by atoms with Crippen LogP contribution in [0.15, 0.2) is 0 Å². The van der Waals surface area contributed by atoms with Gasteiger partial charge in [0, 0.05) is 0 Å². The monoisotopic (exact) mass is 230 g/mol. The summed E-state index contributed by atoms with van der Waals surface area (Å²) >= 11 is -2.44. The van der Waals surface area contributed by atoms with Crippen LogP contribution in [0, 0.1) is 0 Å². The van der Waals surface area contributed by atoms with Crippen molar-refractivity contribution in [3.8, 4) is 0 Å². The van der Waals surface area contributed by atoms with Crippen LogP contribution in [-0.4, -0.2) is 29.2 Å². The maximum absolute atomic E-state index is 10.7. The standard InChI is InChI=1S/C2H5F.CH2F2O.CH3FO3S/c1-2-3;2-1-4-3;2-1-5-6(3)4/h2H2,1H3;1H2;1H2,(H,3,4). The predicted octanol–water partition coefficient (Wildman–Crippen LogP) is 1.86. The van der Waals surface area contributed by atoms with Crippen molar-refractivity contribution in [1.29, 1.82) is 0 Å². The third-order valence-electron chi connectivity index (χ3n) is 0.187. The summed E-state index contributed by atoms with van der Waals surface area (Å²) in [5, 5.41) is 0. The van der Waals surface area contributed by atoms with E-state index in [0.29, 0.717) is 0 Å². The lowest BCUT2D eigenvalue weighted by Gasteiger charge is -1.81. The molecule has 0 radical (unpaired) electrons. The van der Waals surface area contributed by atoms with Crippen LogP contribution in [0.2, 0.25) is 0 Å². The molecule has 0 saturated carbocycles. The van der Waals surface area contributed by atoms with Crippen molar-refractivity contribution in [2.24, 2.45) is 0 Å². The van der Waals surface area contributed by atoms with Gasteiger partial charge in [0.1, 0.15) is 0 Å². The molecule has 0 aliphatic rings. The second-order valence-corrected chi connectivity index (χ2v) is 1.60. The van der Waals surface area contributed by atoms with Crippen LogP contribution in [0.4, 0.5) is 17.7 Å². The zero-order valence-electron chi connectivity index (χ0n) is 6.71. The minimum absolute atomic E-state index is 0.250. The average molecular weight is 230 g/mol. The highest BCUT2D eigenvalue weighted by Crippen LogP contribution is 1.75. The molecule has 1 N–H and O–H groups in total. The Balaban J connectivity index is -0.000000125. The first-order chi connectivity index (χ1) is 6.10. The second-order valence-electron chi connectivity index (χ2n) is 0.930. The van der Waals surface area contributed by atoms with Gasteiger partial charge in [0.25, 0.3) is 0 Å². The Morgan fingerprint density at radius 1 is 1.31 bits per heavy atom. The van der Waals surface area contributed by atoms with E-state index in [2.05, 4.69) is 9.12 Å². The molecule has 0 aromatic carbocycles. The molecule has 0 spiro atoms. The van der Waals surface area contributed by atoms with Gasteiger partial charge in [-0.15, -0.1) is 0 Å². The Hall–Kier alpha value is -0.250. The summed E-state index contributed by atoms with van der Waals surface area (Å²) in [6, 6.07) is 0.